The molecule has 0 amide bonds. The first-order chi connectivity index (χ1) is 14.1. The number of oxime groups is 1. The molecule has 1 aromatic carbocycles. The van der Waals surface area contributed by atoms with Gasteiger partial charge in [0.05, 0.1) is 20.8 Å². The highest BCUT2D eigenvalue weighted by Gasteiger charge is 2.23. The summed E-state index contributed by atoms with van der Waals surface area (Å²) in [4.78, 5) is 18.1. The Morgan fingerprint density at radius 1 is 1.27 bits per heavy atom. The highest BCUT2D eigenvalue weighted by molar-refractivity contribution is 6.35. The maximum absolute atomic E-state index is 11.6. The van der Waals surface area contributed by atoms with Gasteiger partial charge in [-0.3, -0.25) is 9.69 Å². The first kappa shape index (κ1) is 23.4. The van der Waals surface area contributed by atoms with E-state index in [4.69, 9.17) is 19.4 Å². The zero-order chi connectivity index (χ0) is 20.6. The van der Waals surface area contributed by atoms with Crippen molar-refractivity contribution in [1.29, 1.82) is 0 Å². The van der Waals surface area contributed by atoms with E-state index >= 15 is 0 Å². The highest BCUT2D eigenvalue weighted by Crippen LogP contribution is 2.29. The minimum absolute atomic E-state index is 0. The fourth-order valence-corrected chi connectivity index (χ4v) is 3.37. The number of pyridine rings is 1. The Morgan fingerprint density at radius 3 is 2.73 bits per heavy atom. The quantitative estimate of drug-likeness (QED) is 0.280. The first-order valence-electron chi connectivity index (χ1n) is 9.36. The molecule has 1 aliphatic heterocycles. The summed E-state index contributed by atoms with van der Waals surface area (Å²) in [6.07, 6.45) is 3.30. The Kier molecular flexibility index (Phi) is 8.89. The highest BCUT2D eigenvalue weighted by atomic mass is 35.5. The lowest BCUT2D eigenvalue weighted by atomic mass is 10.1. The van der Waals surface area contributed by atoms with Gasteiger partial charge < -0.3 is 19.4 Å². The van der Waals surface area contributed by atoms with Crippen LogP contribution in [0.5, 0.6) is 17.4 Å². The summed E-state index contributed by atoms with van der Waals surface area (Å²) in [5.74, 6) is 1.95. The number of aromatic nitrogens is 1. The van der Waals surface area contributed by atoms with E-state index in [1.165, 1.54) is 11.8 Å². The largest absolute Gasteiger partial charge is 0.493 e. The summed E-state index contributed by atoms with van der Waals surface area (Å²) < 4.78 is 16.4. The van der Waals surface area contributed by atoms with E-state index < -0.39 is 5.78 Å². The SMILES string of the molecule is COc1ccc(CN2CCC(COc3ccc(C(=O)C=NO)cn3)C2)cc1OC.Cl. The molecule has 1 aliphatic rings. The molecule has 0 radical (unpaired) electrons. The summed E-state index contributed by atoms with van der Waals surface area (Å²) in [6.45, 7) is 3.36. The van der Waals surface area contributed by atoms with Gasteiger partial charge in [-0.1, -0.05) is 11.2 Å². The van der Waals surface area contributed by atoms with Gasteiger partial charge >= 0.3 is 0 Å². The zero-order valence-corrected chi connectivity index (χ0v) is 17.8. The number of hydrogen-bond donors (Lipinski definition) is 1. The minimum atomic E-state index is -0.409. The lowest BCUT2D eigenvalue weighted by Gasteiger charge is -2.17. The molecule has 0 bridgehead atoms. The number of methoxy groups -OCH3 is 2. The Bertz CT molecular complexity index is 860. The molecule has 0 aliphatic carbocycles. The molecule has 1 unspecified atom stereocenters. The van der Waals surface area contributed by atoms with Crippen LogP contribution >= 0.6 is 12.4 Å². The number of ether oxygens (including phenoxy) is 3. The van der Waals surface area contributed by atoms with Gasteiger partial charge in [0.2, 0.25) is 11.7 Å². The monoisotopic (exact) mass is 435 g/mol. The fourth-order valence-electron chi connectivity index (χ4n) is 3.37. The molecule has 3 rings (SSSR count). The summed E-state index contributed by atoms with van der Waals surface area (Å²) >= 11 is 0. The topological polar surface area (TPSA) is 93.5 Å². The van der Waals surface area contributed by atoms with Crippen molar-refractivity contribution in [3.05, 3.63) is 47.7 Å². The Hall–Kier alpha value is -2.84. The second-order valence-electron chi connectivity index (χ2n) is 6.88. The number of rotatable bonds is 9. The van der Waals surface area contributed by atoms with Crippen LogP contribution in [-0.4, -0.2) is 61.0 Å². The first-order valence-corrected chi connectivity index (χ1v) is 9.36. The summed E-state index contributed by atoms with van der Waals surface area (Å²) in [5, 5.41) is 11.1. The van der Waals surface area contributed by atoms with E-state index in [1.54, 1.807) is 26.4 Å². The smallest absolute Gasteiger partial charge is 0.213 e. The molecular weight excluding hydrogens is 410 g/mol. The molecule has 162 valence electrons. The molecule has 1 atom stereocenters. The molecule has 1 saturated heterocycles. The second-order valence-corrected chi connectivity index (χ2v) is 6.88. The molecule has 0 spiro atoms. The van der Waals surface area contributed by atoms with Crippen LogP contribution in [0, 0.1) is 5.92 Å². The van der Waals surface area contributed by atoms with E-state index in [0.717, 1.165) is 43.8 Å². The van der Waals surface area contributed by atoms with Gasteiger partial charge in [0, 0.05) is 36.8 Å². The van der Waals surface area contributed by atoms with Crippen molar-refractivity contribution in [1.82, 2.24) is 9.88 Å². The molecule has 2 aromatic rings. The molecule has 1 fully saturated rings. The number of hydrogen-bond acceptors (Lipinski definition) is 8. The number of carbonyl (C=O) groups is 1. The average Bonchev–Trinajstić information content (AvgIpc) is 3.20. The molecule has 8 nitrogen and oxygen atoms in total. The maximum atomic E-state index is 11.6. The standard InChI is InChI=1S/C21H25N3O5.ClH/c1-27-19-5-3-15(9-20(19)28-2)12-24-8-7-16(13-24)14-29-21-6-4-17(10-22-21)18(25)11-23-26;/h3-6,9-11,16,26H,7-8,12-14H2,1-2H3;1H. The maximum Gasteiger partial charge on any atom is 0.213 e. The number of nitrogens with zero attached hydrogens (tertiary/aromatic N) is 3. The lowest BCUT2D eigenvalue weighted by molar-refractivity contribution is 0.106. The van der Waals surface area contributed by atoms with Crippen molar-refractivity contribution >= 4 is 24.4 Å². The van der Waals surface area contributed by atoms with Crippen LogP contribution in [0.15, 0.2) is 41.7 Å². The van der Waals surface area contributed by atoms with Gasteiger partial charge in [-0.2, -0.15) is 0 Å². The van der Waals surface area contributed by atoms with E-state index in [0.29, 0.717) is 24.0 Å². The van der Waals surface area contributed by atoms with Crippen LogP contribution in [-0.2, 0) is 6.54 Å². The summed E-state index contributed by atoms with van der Waals surface area (Å²) in [5.41, 5.74) is 1.52. The average molecular weight is 436 g/mol. The predicted molar refractivity (Wildman–Crippen MR) is 115 cm³/mol. The molecule has 9 heteroatoms. The van der Waals surface area contributed by atoms with Crippen LogP contribution in [0.25, 0.3) is 0 Å². The zero-order valence-electron chi connectivity index (χ0n) is 17.0. The number of benzene rings is 1. The Balaban J connectivity index is 0.00000320. The van der Waals surface area contributed by atoms with E-state index in [2.05, 4.69) is 21.1 Å². The normalized spacial score (nSPS) is 16.3. The fraction of sp³-hybridized carbons (Fsp3) is 0.381. The van der Waals surface area contributed by atoms with Gasteiger partial charge in [-0.15, -0.1) is 12.4 Å². The lowest BCUT2D eigenvalue weighted by Crippen LogP contribution is -2.22. The van der Waals surface area contributed by atoms with Gasteiger partial charge in [0.15, 0.2) is 11.5 Å². The molecule has 0 saturated carbocycles. The number of ketones is 1. The Labute approximate surface area is 181 Å². The number of carbonyl (C=O) groups excluding carboxylic acids is 1. The van der Waals surface area contributed by atoms with Crippen molar-refractivity contribution in [2.24, 2.45) is 11.1 Å². The number of likely N-dealkylation sites (tertiary alicyclic amines) is 1. The van der Waals surface area contributed by atoms with Crippen molar-refractivity contribution in [2.45, 2.75) is 13.0 Å². The van der Waals surface area contributed by atoms with Crippen LogP contribution in [0.2, 0.25) is 0 Å². The van der Waals surface area contributed by atoms with Crippen molar-refractivity contribution in [2.75, 3.05) is 33.9 Å². The van der Waals surface area contributed by atoms with Crippen molar-refractivity contribution in [3.63, 3.8) is 0 Å². The molecular formula is C21H26ClN3O5. The Morgan fingerprint density at radius 2 is 2.07 bits per heavy atom. The molecule has 1 N–H and O–H groups in total. The molecule has 30 heavy (non-hydrogen) atoms. The molecule has 1 aromatic heterocycles. The number of halogens is 1. The van der Waals surface area contributed by atoms with Crippen LogP contribution in [0.1, 0.15) is 22.3 Å². The predicted octanol–water partition coefficient (Wildman–Crippen LogP) is 3.06. The minimum Gasteiger partial charge on any atom is -0.493 e. The number of Topliss-reactive ketones (excluding diaryl/α,β-unsaturated/α-hetero) is 1. The third kappa shape index (κ3) is 6.08. The van der Waals surface area contributed by atoms with Crippen LogP contribution in [0.4, 0.5) is 0 Å². The third-order valence-electron chi connectivity index (χ3n) is 4.89. The van der Waals surface area contributed by atoms with Crippen LogP contribution in [0.3, 0.4) is 0 Å². The van der Waals surface area contributed by atoms with Crippen molar-refractivity contribution < 1.29 is 24.2 Å². The second kappa shape index (κ2) is 11.4. The summed E-state index contributed by atoms with van der Waals surface area (Å²) in [6, 6.07) is 9.24. The summed E-state index contributed by atoms with van der Waals surface area (Å²) in [7, 11) is 3.27. The van der Waals surface area contributed by atoms with Gasteiger partial charge in [-0.25, -0.2) is 4.98 Å². The van der Waals surface area contributed by atoms with Gasteiger partial charge in [0.1, 0.15) is 6.21 Å². The van der Waals surface area contributed by atoms with Crippen LogP contribution < -0.4 is 14.2 Å². The third-order valence-corrected chi connectivity index (χ3v) is 4.89. The van der Waals surface area contributed by atoms with Gasteiger partial charge in [-0.05, 0) is 36.7 Å². The van der Waals surface area contributed by atoms with E-state index in [-0.39, 0.29) is 12.4 Å². The van der Waals surface area contributed by atoms with E-state index in [1.807, 2.05) is 12.1 Å². The molecule has 2 heterocycles. The van der Waals surface area contributed by atoms with Gasteiger partial charge in [0.25, 0.3) is 0 Å². The van der Waals surface area contributed by atoms with E-state index in [9.17, 15) is 4.79 Å². The van der Waals surface area contributed by atoms with Crippen molar-refractivity contribution in [3.8, 4) is 17.4 Å².